The second kappa shape index (κ2) is 5.29. The van der Waals surface area contributed by atoms with E-state index in [1.807, 2.05) is 0 Å². The van der Waals surface area contributed by atoms with E-state index in [1.165, 1.54) is 12.0 Å². The van der Waals surface area contributed by atoms with Crippen molar-refractivity contribution in [2.75, 3.05) is 0 Å². The van der Waals surface area contributed by atoms with Gasteiger partial charge in [0.05, 0.1) is 11.7 Å². The molecule has 0 saturated carbocycles. The average Bonchev–Trinajstić information content (AvgIpc) is 2.82. The van der Waals surface area contributed by atoms with Gasteiger partial charge in [-0.3, -0.25) is 0 Å². The summed E-state index contributed by atoms with van der Waals surface area (Å²) >= 11 is 0. The third kappa shape index (κ3) is 4.66. The quantitative estimate of drug-likeness (QED) is 0.902. The first-order valence-corrected chi connectivity index (χ1v) is 7.31. The van der Waals surface area contributed by atoms with Gasteiger partial charge in [0, 0.05) is 31.0 Å². The summed E-state index contributed by atoms with van der Waals surface area (Å²) in [7, 11) is 0. The molecule has 2 rings (SSSR count). The van der Waals surface area contributed by atoms with E-state index in [0.717, 1.165) is 19.5 Å². The zero-order chi connectivity index (χ0) is 14.1. The van der Waals surface area contributed by atoms with Gasteiger partial charge in [-0.1, -0.05) is 0 Å². The van der Waals surface area contributed by atoms with Crippen LogP contribution in [0.15, 0.2) is 18.5 Å². The SMILES string of the molecule is CC(C)(C)NCc1ccn(CC2CCC(C)(C)O2)c1. The maximum atomic E-state index is 6.04. The van der Waals surface area contributed by atoms with Crippen molar-refractivity contribution in [3.8, 4) is 0 Å². The Hall–Kier alpha value is -0.800. The van der Waals surface area contributed by atoms with Crippen molar-refractivity contribution in [3.63, 3.8) is 0 Å². The van der Waals surface area contributed by atoms with Gasteiger partial charge in [-0.2, -0.15) is 0 Å². The van der Waals surface area contributed by atoms with Crippen molar-refractivity contribution in [1.29, 1.82) is 0 Å². The van der Waals surface area contributed by atoms with Crippen LogP contribution in [0.4, 0.5) is 0 Å². The predicted molar refractivity (Wildman–Crippen MR) is 79.2 cm³/mol. The van der Waals surface area contributed by atoms with Crippen molar-refractivity contribution >= 4 is 0 Å². The molecule has 1 unspecified atom stereocenters. The monoisotopic (exact) mass is 264 g/mol. The zero-order valence-electron chi connectivity index (χ0n) is 13.0. The first-order chi connectivity index (χ1) is 8.73. The lowest BCUT2D eigenvalue weighted by molar-refractivity contribution is -0.0216. The molecule has 2 heterocycles. The maximum Gasteiger partial charge on any atom is 0.0762 e. The maximum absolute atomic E-state index is 6.04. The van der Waals surface area contributed by atoms with E-state index >= 15 is 0 Å². The third-order valence-corrected chi connectivity index (χ3v) is 3.60. The minimum Gasteiger partial charge on any atom is -0.370 e. The molecule has 108 valence electrons. The minimum absolute atomic E-state index is 0.0639. The lowest BCUT2D eigenvalue weighted by atomic mass is 10.1. The van der Waals surface area contributed by atoms with Crippen LogP contribution in [0.25, 0.3) is 0 Å². The van der Waals surface area contributed by atoms with Crippen molar-refractivity contribution in [3.05, 3.63) is 24.0 Å². The molecule has 1 N–H and O–H groups in total. The van der Waals surface area contributed by atoms with E-state index < -0.39 is 0 Å². The summed E-state index contributed by atoms with van der Waals surface area (Å²) in [5.41, 5.74) is 1.57. The minimum atomic E-state index is 0.0639. The second-order valence-electron chi connectivity index (χ2n) is 7.36. The third-order valence-electron chi connectivity index (χ3n) is 3.60. The predicted octanol–water partition coefficient (Wildman–Crippen LogP) is 3.33. The van der Waals surface area contributed by atoms with Crippen LogP contribution in [0.1, 0.15) is 53.0 Å². The molecule has 1 saturated heterocycles. The van der Waals surface area contributed by atoms with E-state index in [2.05, 4.69) is 63.0 Å². The highest BCUT2D eigenvalue weighted by atomic mass is 16.5. The van der Waals surface area contributed by atoms with Gasteiger partial charge in [0.25, 0.3) is 0 Å². The van der Waals surface area contributed by atoms with E-state index in [4.69, 9.17) is 4.74 Å². The van der Waals surface area contributed by atoms with E-state index in [-0.39, 0.29) is 11.1 Å². The molecule has 1 aromatic heterocycles. The highest BCUT2D eigenvalue weighted by molar-refractivity contribution is 5.10. The van der Waals surface area contributed by atoms with E-state index in [1.54, 1.807) is 0 Å². The summed E-state index contributed by atoms with van der Waals surface area (Å²) in [6.07, 6.45) is 7.09. The van der Waals surface area contributed by atoms with Gasteiger partial charge in [-0.25, -0.2) is 0 Å². The van der Waals surface area contributed by atoms with Crippen LogP contribution in [0.3, 0.4) is 0 Å². The normalized spacial score (nSPS) is 22.9. The number of nitrogens with one attached hydrogen (secondary N) is 1. The molecule has 1 aromatic rings. The summed E-state index contributed by atoms with van der Waals surface area (Å²) in [5.74, 6) is 0. The first kappa shape index (κ1) is 14.6. The van der Waals surface area contributed by atoms with Gasteiger partial charge >= 0.3 is 0 Å². The van der Waals surface area contributed by atoms with E-state index in [9.17, 15) is 0 Å². The molecule has 1 fully saturated rings. The first-order valence-electron chi connectivity index (χ1n) is 7.31. The summed E-state index contributed by atoms with van der Waals surface area (Å²) < 4.78 is 8.30. The molecule has 3 nitrogen and oxygen atoms in total. The standard InChI is InChI=1S/C16H28N2O/c1-15(2,3)17-10-13-7-9-18(11-13)12-14-6-8-16(4,5)19-14/h7,9,11,14,17H,6,8,10,12H2,1-5H3. The molecule has 0 radical (unpaired) electrons. The van der Waals surface area contributed by atoms with Gasteiger partial charge in [-0.05, 0) is 59.1 Å². The highest BCUT2D eigenvalue weighted by Crippen LogP contribution is 2.30. The van der Waals surface area contributed by atoms with Crippen LogP contribution in [0, 0.1) is 0 Å². The van der Waals surface area contributed by atoms with Gasteiger partial charge in [0.15, 0.2) is 0 Å². The Kier molecular flexibility index (Phi) is 4.07. The van der Waals surface area contributed by atoms with Crippen LogP contribution >= 0.6 is 0 Å². The summed E-state index contributed by atoms with van der Waals surface area (Å²) in [4.78, 5) is 0. The van der Waals surface area contributed by atoms with Gasteiger partial charge < -0.3 is 14.6 Å². The Balaban J connectivity index is 1.84. The zero-order valence-corrected chi connectivity index (χ0v) is 13.0. The van der Waals surface area contributed by atoms with Gasteiger partial charge in [0.1, 0.15) is 0 Å². The Morgan fingerprint density at radius 2 is 2.16 bits per heavy atom. The Morgan fingerprint density at radius 3 is 2.74 bits per heavy atom. The molecule has 0 bridgehead atoms. The number of hydrogen-bond donors (Lipinski definition) is 1. The Labute approximate surface area is 117 Å². The molecule has 0 aromatic carbocycles. The topological polar surface area (TPSA) is 26.2 Å². The van der Waals surface area contributed by atoms with Crippen LogP contribution in [-0.4, -0.2) is 21.8 Å². The second-order valence-corrected chi connectivity index (χ2v) is 7.36. The fourth-order valence-electron chi connectivity index (χ4n) is 2.52. The molecule has 19 heavy (non-hydrogen) atoms. The molecule has 1 aliphatic heterocycles. The Bertz CT molecular complexity index is 415. The summed E-state index contributed by atoms with van der Waals surface area (Å²) in [6, 6.07) is 2.19. The van der Waals surface area contributed by atoms with Gasteiger partial charge in [-0.15, -0.1) is 0 Å². The average molecular weight is 264 g/mol. The largest absolute Gasteiger partial charge is 0.370 e. The number of ether oxygens (including phenoxy) is 1. The smallest absolute Gasteiger partial charge is 0.0762 e. The summed E-state index contributed by atoms with van der Waals surface area (Å²) in [6.45, 7) is 12.8. The number of aromatic nitrogens is 1. The van der Waals surface area contributed by atoms with Crippen molar-refractivity contribution in [2.24, 2.45) is 0 Å². The fourth-order valence-corrected chi connectivity index (χ4v) is 2.52. The molecule has 1 atom stereocenters. The van der Waals surface area contributed by atoms with Crippen LogP contribution in [0.2, 0.25) is 0 Å². The number of nitrogens with zero attached hydrogens (tertiary/aromatic N) is 1. The van der Waals surface area contributed by atoms with E-state index in [0.29, 0.717) is 6.10 Å². The molecular weight excluding hydrogens is 236 g/mol. The molecular formula is C16H28N2O. The lowest BCUT2D eigenvalue weighted by Gasteiger charge is -2.20. The molecule has 1 aliphatic rings. The Morgan fingerprint density at radius 1 is 1.42 bits per heavy atom. The van der Waals surface area contributed by atoms with Crippen molar-refractivity contribution in [2.45, 2.75) is 77.8 Å². The molecule has 0 spiro atoms. The number of rotatable bonds is 4. The summed E-state index contributed by atoms with van der Waals surface area (Å²) in [5, 5.41) is 3.51. The lowest BCUT2D eigenvalue weighted by Crippen LogP contribution is -2.34. The number of hydrogen-bond acceptors (Lipinski definition) is 2. The highest BCUT2D eigenvalue weighted by Gasteiger charge is 2.31. The molecule has 0 aliphatic carbocycles. The molecule has 0 amide bonds. The fraction of sp³-hybridized carbons (Fsp3) is 0.750. The molecule has 3 heteroatoms. The van der Waals surface area contributed by atoms with Gasteiger partial charge in [0.2, 0.25) is 0 Å². The van der Waals surface area contributed by atoms with Crippen molar-refractivity contribution in [1.82, 2.24) is 9.88 Å². The van der Waals surface area contributed by atoms with Crippen LogP contribution < -0.4 is 5.32 Å². The van der Waals surface area contributed by atoms with Crippen molar-refractivity contribution < 1.29 is 4.74 Å². The van der Waals surface area contributed by atoms with Crippen LogP contribution in [0.5, 0.6) is 0 Å². The van der Waals surface area contributed by atoms with Crippen LogP contribution in [-0.2, 0) is 17.8 Å².